The van der Waals surface area contributed by atoms with Crippen molar-refractivity contribution in [1.29, 1.82) is 0 Å². The zero-order valence-electron chi connectivity index (χ0n) is 13.0. The van der Waals surface area contributed by atoms with Gasteiger partial charge in [0.1, 0.15) is 5.75 Å². The highest BCUT2D eigenvalue weighted by Gasteiger charge is 2.27. The fourth-order valence-corrected chi connectivity index (χ4v) is 2.74. The first-order valence-electron chi connectivity index (χ1n) is 7.36. The Labute approximate surface area is 134 Å². The number of phenols is 1. The number of hydrogen-bond acceptors (Lipinski definition) is 3. The molecule has 2 aromatic carbocycles. The van der Waals surface area contributed by atoms with Crippen LogP contribution in [0.4, 0.5) is 5.69 Å². The van der Waals surface area contributed by atoms with Gasteiger partial charge in [0.2, 0.25) is 0 Å². The van der Waals surface area contributed by atoms with E-state index in [-0.39, 0.29) is 23.0 Å². The molecular weight excluding hydrogens is 290 g/mol. The number of phenolic OH excluding ortho intramolecular Hbond substituents is 1. The van der Waals surface area contributed by atoms with Gasteiger partial charge in [-0.15, -0.1) is 0 Å². The summed E-state index contributed by atoms with van der Waals surface area (Å²) in [7, 11) is 0. The van der Waals surface area contributed by atoms with Crippen molar-refractivity contribution in [2.24, 2.45) is 0 Å². The minimum absolute atomic E-state index is 0.228. The third-order valence-corrected chi connectivity index (χ3v) is 4.22. The Hall–Kier alpha value is -2.88. The second-order valence-electron chi connectivity index (χ2n) is 6.07. The van der Waals surface area contributed by atoms with Crippen LogP contribution in [0.3, 0.4) is 0 Å². The molecule has 0 aromatic heterocycles. The number of hydrogen-bond donors (Lipinski definition) is 1. The van der Waals surface area contributed by atoms with Crippen LogP contribution in [0, 0.1) is 0 Å². The summed E-state index contributed by atoms with van der Waals surface area (Å²) >= 11 is 0. The molecule has 0 saturated carbocycles. The van der Waals surface area contributed by atoms with Crippen LogP contribution in [-0.4, -0.2) is 16.9 Å². The molecule has 2 amide bonds. The predicted octanol–water partition coefficient (Wildman–Crippen LogP) is 3.15. The number of nitrogens with zero attached hydrogens (tertiary/aromatic N) is 1. The predicted molar refractivity (Wildman–Crippen MR) is 88.3 cm³/mol. The zero-order valence-corrected chi connectivity index (χ0v) is 13.0. The number of amides is 2. The molecule has 1 aliphatic rings. The van der Waals surface area contributed by atoms with Crippen molar-refractivity contribution >= 4 is 17.5 Å². The first-order valence-corrected chi connectivity index (χ1v) is 7.36. The highest BCUT2D eigenvalue weighted by atomic mass is 16.3. The lowest BCUT2D eigenvalue weighted by molar-refractivity contribution is -0.119. The normalized spacial score (nSPS) is 14.6. The SMILES string of the molecule is CC(C)(c1ccc(N2C(=O)C=CC2=O)cc1)c1cccc(O)c1. The molecule has 4 nitrogen and oxygen atoms in total. The minimum atomic E-state index is -0.324. The molecule has 1 heterocycles. The maximum absolute atomic E-state index is 11.7. The lowest BCUT2D eigenvalue weighted by atomic mass is 9.78. The van der Waals surface area contributed by atoms with Gasteiger partial charge in [-0.2, -0.15) is 0 Å². The van der Waals surface area contributed by atoms with Crippen molar-refractivity contribution in [1.82, 2.24) is 0 Å². The largest absolute Gasteiger partial charge is 0.508 e. The third-order valence-electron chi connectivity index (χ3n) is 4.22. The Bertz CT molecular complexity index is 786. The van der Waals surface area contributed by atoms with Crippen molar-refractivity contribution in [3.05, 3.63) is 71.8 Å². The zero-order chi connectivity index (χ0) is 16.6. The summed E-state index contributed by atoms with van der Waals surface area (Å²) in [5.74, 6) is -0.420. The van der Waals surface area contributed by atoms with E-state index in [1.54, 1.807) is 24.3 Å². The van der Waals surface area contributed by atoms with Crippen molar-refractivity contribution in [2.45, 2.75) is 19.3 Å². The van der Waals surface area contributed by atoms with Crippen LogP contribution in [0.5, 0.6) is 5.75 Å². The molecular formula is C19H17NO3. The summed E-state index contributed by atoms with van der Waals surface area (Å²) in [5, 5.41) is 9.68. The average Bonchev–Trinajstić information content (AvgIpc) is 2.86. The second-order valence-corrected chi connectivity index (χ2v) is 6.07. The Morgan fingerprint density at radius 3 is 2.04 bits per heavy atom. The van der Waals surface area contributed by atoms with Crippen molar-refractivity contribution in [3.8, 4) is 5.75 Å². The van der Waals surface area contributed by atoms with Crippen molar-refractivity contribution in [3.63, 3.8) is 0 Å². The summed E-state index contributed by atoms with van der Waals surface area (Å²) in [6, 6.07) is 14.5. The third kappa shape index (κ3) is 2.63. The minimum Gasteiger partial charge on any atom is -0.508 e. The smallest absolute Gasteiger partial charge is 0.258 e. The van der Waals surface area contributed by atoms with E-state index in [2.05, 4.69) is 13.8 Å². The maximum Gasteiger partial charge on any atom is 0.258 e. The molecule has 0 atom stereocenters. The van der Waals surface area contributed by atoms with Crippen LogP contribution in [0.1, 0.15) is 25.0 Å². The van der Waals surface area contributed by atoms with Gasteiger partial charge in [0.05, 0.1) is 5.69 Å². The number of imide groups is 1. The van der Waals surface area contributed by atoms with Gasteiger partial charge in [-0.05, 0) is 35.4 Å². The van der Waals surface area contributed by atoms with E-state index in [1.165, 1.54) is 12.2 Å². The van der Waals surface area contributed by atoms with E-state index in [0.717, 1.165) is 16.0 Å². The second kappa shape index (κ2) is 5.39. The summed E-state index contributed by atoms with van der Waals surface area (Å²) in [4.78, 5) is 24.6. The topological polar surface area (TPSA) is 57.6 Å². The maximum atomic E-state index is 11.7. The molecule has 0 fully saturated rings. The Morgan fingerprint density at radius 2 is 1.48 bits per heavy atom. The van der Waals surface area contributed by atoms with E-state index < -0.39 is 0 Å². The van der Waals surface area contributed by atoms with Gasteiger partial charge in [-0.3, -0.25) is 9.59 Å². The van der Waals surface area contributed by atoms with Gasteiger partial charge in [-0.25, -0.2) is 4.90 Å². The molecule has 23 heavy (non-hydrogen) atoms. The Balaban J connectivity index is 1.93. The highest BCUT2D eigenvalue weighted by Crippen LogP contribution is 2.34. The molecule has 2 aromatic rings. The highest BCUT2D eigenvalue weighted by molar-refractivity contribution is 6.28. The number of rotatable bonds is 3. The Morgan fingerprint density at radius 1 is 0.870 bits per heavy atom. The summed E-state index contributed by atoms with van der Waals surface area (Å²) < 4.78 is 0. The van der Waals surface area contributed by atoms with Gasteiger partial charge >= 0.3 is 0 Å². The van der Waals surface area contributed by atoms with Gasteiger partial charge in [0, 0.05) is 17.6 Å². The van der Waals surface area contributed by atoms with E-state index in [9.17, 15) is 14.7 Å². The van der Waals surface area contributed by atoms with Gasteiger partial charge in [0.15, 0.2) is 0 Å². The van der Waals surface area contributed by atoms with Crippen LogP contribution >= 0.6 is 0 Å². The first kappa shape index (κ1) is 15.0. The van der Waals surface area contributed by atoms with Crippen LogP contribution in [0.25, 0.3) is 0 Å². The van der Waals surface area contributed by atoms with Crippen LogP contribution in [-0.2, 0) is 15.0 Å². The monoisotopic (exact) mass is 307 g/mol. The number of carbonyl (C=O) groups is 2. The molecule has 0 radical (unpaired) electrons. The van der Waals surface area contributed by atoms with Gasteiger partial charge < -0.3 is 5.11 Å². The van der Waals surface area contributed by atoms with E-state index >= 15 is 0 Å². The molecule has 4 heteroatoms. The van der Waals surface area contributed by atoms with E-state index in [0.29, 0.717) is 5.69 Å². The van der Waals surface area contributed by atoms with E-state index in [1.807, 2.05) is 24.3 Å². The quantitative estimate of drug-likeness (QED) is 0.886. The van der Waals surface area contributed by atoms with Crippen molar-refractivity contribution < 1.29 is 14.7 Å². The van der Waals surface area contributed by atoms with Crippen molar-refractivity contribution in [2.75, 3.05) is 4.90 Å². The molecule has 0 spiro atoms. The molecule has 1 aliphatic heterocycles. The number of benzene rings is 2. The standard InChI is InChI=1S/C19H17NO3/c1-19(2,14-4-3-5-16(21)12-14)13-6-8-15(9-7-13)20-17(22)10-11-18(20)23/h3-12,21H,1-2H3. The molecule has 0 unspecified atom stereocenters. The fraction of sp³-hybridized carbons (Fsp3) is 0.158. The molecule has 1 N–H and O–H groups in total. The lowest BCUT2D eigenvalue weighted by Crippen LogP contribution is -2.29. The van der Waals surface area contributed by atoms with Crippen LogP contribution in [0.15, 0.2) is 60.7 Å². The number of carbonyl (C=O) groups excluding carboxylic acids is 2. The first-order chi connectivity index (χ1) is 10.9. The van der Waals surface area contributed by atoms with Gasteiger partial charge in [0.25, 0.3) is 11.8 Å². The van der Waals surface area contributed by atoms with Crippen LogP contribution < -0.4 is 4.90 Å². The summed E-state index contributed by atoms with van der Waals surface area (Å²) in [6.45, 7) is 4.12. The number of anilines is 1. The Kier molecular flexibility index (Phi) is 3.52. The number of aromatic hydroxyl groups is 1. The summed E-state index contributed by atoms with van der Waals surface area (Å²) in [6.07, 6.45) is 2.54. The van der Waals surface area contributed by atoms with E-state index in [4.69, 9.17) is 0 Å². The lowest BCUT2D eigenvalue weighted by Gasteiger charge is -2.27. The van der Waals surface area contributed by atoms with Crippen LogP contribution in [0.2, 0.25) is 0 Å². The molecule has 0 saturated heterocycles. The summed E-state index contributed by atoms with van der Waals surface area (Å²) in [5.41, 5.74) is 2.26. The van der Waals surface area contributed by atoms with Gasteiger partial charge in [-0.1, -0.05) is 38.1 Å². The molecule has 0 aliphatic carbocycles. The molecule has 0 bridgehead atoms. The molecule has 116 valence electrons. The average molecular weight is 307 g/mol. The fourth-order valence-electron chi connectivity index (χ4n) is 2.74. The molecule has 3 rings (SSSR count).